The number of halogens is 1. The highest BCUT2D eigenvalue weighted by molar-refractivity contribution is 7.93. The van der Waals surface area contributed by atoms with E-state index in [1.807, 2.05) is 24.3 Å². The van der Waals surface area contributed by atoms with Crippen molar-refractivity contribution in [3.8, 4) is 0 Å². The lowest BCUT2D eigenvalue weighted by Crippen LogP contribution is -2.15. The number of aryl methyl sites for hydroxylation is 1. The normalized spacial score (nSPS) is 11.4. The fourth-order valence-corrected chi connectivity index (χ4v) is 4.19. The molecule has 8 nitrogen and oxygen atoms in total. The minimum atomic E-state index is -4.20. The molecule has 0 saturated heterocycles. The van der Waals surface area contributed by atoms with Gasteiger partial charge in [-0.05, 0) is 35.7 Å². The number of para-hydroxylation sites is 1. The van der Waals surface area contributed by atoms with E-state index in [4.69, 9.17) is 11.6 Å². The molecule has 0 aromatic heterocycles. The predicted octanol–water partition coefficient (Wildman–Crippen LogP) is 5.06. The van der Waals surface area contributed by atoms with Gasteiger partial charge in [0.15, 0.2) is 0 Å². The number of nitro benzene ring substituents is 1. The van der Waals surface area contributed by atoms with E-state index in [0.717, 1.165) is 18.1 Å². The van der Waals surface area contributed by atoms with Gasteiger partial charge in [-0.1, -0.05) is 54.9 Å². The Bertz CT molecular complexity index is 1230. The van der Waals surface area contributed by atoms with Gasteiger partial charge in [-0.2, -0.15) is 5.10 Å². The lowest BCUT2D eigenvalue weighted by Gasteiger charge is -2.12. The van der Waals surface area contributed by atoms with Gasteiger partial charge in [-0.15, -0.1) is 0 Å². The molecule has 3 rings (SSSR count). The molecule has 0 radical (unpaired) electrons. The number of rotatable bonds is 8. The van der Waals surface area contributed by atoms with E-state index < -0.39 is 14.9 Å². The highest BCUT2D eigenvalue weighted by Crippen LogP contribution is 2.30. The summed E-state index contributed by atoms with van der Waals surface area (Å²) < 4.78 is 28.3. The molecular formula is C21H19ClN4O4S. The SMILES string of the molecule is CCc1ccc(C=NNc2ccc([N+](=O)[O-])cc2S(=O)(=O)Nc2ccccc2Cl)cc1. The summed E-state index contributed by atoms with van der Waals surface area (Å²) in [6, 6.07) is 17.4. The summed E-state index contributed by atoms with van der Waals surface area (Å²) in [4.78, 5) is 10.2. The van der Waals surface area contributed by atoms with Gasteiger partial charge in [0.05, 0.1) is 27.5 Å². The minimum absolute atomic E-state index is 0.0755. The molecule has 0 aliphatic heterocycles. The summed E-state index contributed by atoms with van der Waals surface area (Å²) in [5.41, 5.74) is 4.51. The van der Waals surface area contributed by atoms with Crippen molar-refractivity contribution in [2.45, 2.75) is 18.2 Å². The van der Waals surface area contributed by atoms with Crippen LogP contribution in [-0.4, -0.2) is 19.6 Å². The first kappa shape index (κ1) is 22.3. The zero-order valence-electron chi connectivity index (χ0n) is 16.4. The Morgan fingerprint density at radius 2 is 1.77 bits per heavy atom. The Balaban J connectivity index is 1.92. The zero-order valence-corrected chi connectivity index (χ0v) is 18.0. The molecule has 160 valence electrons. The number of hydrogen-bond donors (Lipinski definition) is 2. The summed E-state index contributed by atoms with van der Waals surface area (Å²) in [5, 5.41) is 15.4. The molecule has 0 unspecified atom stereocenters. The highest BCUT2D eigenvalue weighted by Gasteiger charge is 2.23. The maximum Gasteiger partial charge on any atom is 0.270 e. The third kappa shape index (κ3) is 5.59. The number of hydrogen-bond acceptors (Lipinski definition) is 6. The molecule has 31 heavy (non-hydrogen) atoms. The molecular weight excluding hydrogens is 440 g/mol. The highest BCUT2D eigenvalue weighted by atomic mass is 35.5. The van der Waals surface area contributed by atoms with E-state index in [2.05, 4.69) is 22.2 Å². The maximum absolute atomic E-state index is 13.0. The molecule has 0 spiro atoms. The summed E-state index contributed by atoms with van der Waals surface area (Å²) in [6.45, 7) is 2.05. The largest absolute Gasteiger partial charge is 0.278 e. The monoisotopic (exact) mass is 458 g/mol. The van der Waals surface area contributed by atoms with Crippen LogP contribution in [0.1, 0.15) is 18.1 Å². The van der Waals surface area contributed by atoms with Crippen LogP contribution < -0.4 is 10.1 Å². The van der Waals surface area contributed by atoms with Gasteiger partial charge in [0.1, 0.15) is 4.90 Å². The third-order valence-electron chi connectivity index (χ3n) is 4.37. The Morgan fingerprint density at radius 1 is 1.06 bits per heavy atom. The van der Waals surface area contributed by atoms with Crippen LogP contribution in [0.25, 0.3) is 0 Å². The van der Waals surface area contributed by atoms with Crippen LogP contribution in [0, 0.1) is 10.1 Å². The van der Waals surface area contributed by atoms with Gasteiger partial charge in [-0.3, -0.25) is 20.3 Å². The number of hydrazone groups is 1. The topological polar surface area (TPSA) is 114 Å². The van der Waals surface area contributed by atoms with Crippen LogP contribution >= 0.6 is 11.6 Å². The van der Waals surface area contributed by atoms with Gasteiger partial charge in [-0.25, -0.2) is 8.42 Å². The van der Waals surface area contributed by atoms with Crippen LogP contribution in [0.4, 0.5) is 17.1 Å². The molecule has 0 saturated carbocycles. The van der Waals surface area contributed by atoms with Crippen LogP contribution in [0.5, 0.6) is 0 Å². The lowest BCUT2D eigenvalue weighted by molar-refractivity contribution is -0.385. The van der Waals surface area contributed by atoms with E-state index >= 15 is 0 Å². The number of nitro groups is 1. The summed E-state index contributed by atoms with van der Waals surface area (Å²) in [6.07, 6.45) is 2.44. The predicted molar refractivity (Wildman–Crippen MR) is 122 cm³/mol. The number of anilines is 2. The molecule has 3 aromatic rings. The van der Waals surface area contributed by atoms with Crippen LogP contribution in [0.15, 0.2) is 76.7 Å². The minimum Gasteiger partial charge on any atom is -0.278 e. The number of nitrogens with zero attached hydrogens (tertiary/aromatic N) is 2. The van der Waals surface area contributed by atoms with E-state index in [-0.39, 0.29) is 27.0 Å². The van der Waals surface area contributed by atoms with Crippen LogP contribution in [0.3, 0.4) is 0 Å². The van der Waals surface area contributed by atoms with Gasteiger partial charge in [0, 0.05) is 12.1 Å². The number of sulfonamides is 1. The molecule has 10 heteroatoms. The van der Waals surface area contributed by atoms with Gasteiger partial charge in [0.25, 0.3) is 15.7 Å². The van der Waals surface area contributed by atoms with E-state index in [1.54, 1.807) is 12.1 Å². The van der Waals surface area contributed by atoms with Crippen molar-refractivity contribution in [1.82, 2.24) is 0 Å². The molecule has 0 aliphatic rings. The molecule has 2 N–H and O–H groups in total. The first-order valence-electron chi connectivity index (χ1n) is 9.24. The molecule has 0 atom stereocenters. The Hall–Kier alpha value is -3.43. The van der Waals surface area contributed by atoms with Crippen molar-refractivity contribution in [2.24, 2.45) is 5.10 Å². The maximum atomic E-state index is 13.0. The third-order valence-corrected chi connectivity index (χ3v) is 6.11. The molecule has 3 aromatic carbocycles. The lowest BCUT2D eigenvalue weighted by atomic mass is 10.1. The van der Waals surface area contributed by atoms with Gasteiger partial charge >= 0.3 is 0 Å². The first-order valence-corrected chi connectivity index (χ1v) is 11.1. The standard InChI is InChI=1S/C21H19ClN4O4S/c1-2-15-7-9-16(10-8-15)14-23-24-20-12-11-17(26(27)28)13-21(20)31(29,30)25-19-6-4-3-5-18(19)22/h3-14,24-25H,2H2,1H3. The smallest absolute Gasteiger partial charge is 0.270 e. The van der Waals surface area contributed by atoms with E-state index in [0.29, 0.717) is 0 Å². The number of non-ortho nitro benzene ring substituents is 1. The van der Waals surface area contributed by atoms with Crippen molar-refractivity contribution >= 4 is 44.9 Å². The average molecular weight is 459 g/mol. The summed E-state index contributed by atoms with van der Waals surface area (Å²) in [7, 11) is -4.20. The summed E-state index contributed by atoms with van der Waals surface area (Å²) in [5.74, 6) is 0. The Kier molecular flexibility index (Phi) is 6.88. The van der Waals surface area contributed by atoms with Crippen molar-refractivity contribution in [1.29, 1.82) is 0 Å². The van der Waals surface area contributed by atoms with Crippen molar-refractivity contribution in [3.63, 3.8) is 0 Å². The molecule has 0 fully saturated rings. The first-order chi connectivity index (χ1) is 14.8. The molecule has 0 amide bonds. The molecule has 0 bridgehead atoms. The average Bonchev–Trinajstić information content (AvgIpc) is 2.75. The van der Waals surface area contributed by atoms with Gasteiger partial charge in [0.2, 0.25) is 0 Å². The van der Waals surface area contributed by atoms with E-state index in [9.17, 15) is 18.5 Å². The Labute approximate surface area is 184 Å². The second kappa shape index (κ2) is 9.59. The van der Waals surface area contributed by atoms with Crippen molar-refractivity contribution in [2.75, 3.05) is 10.1 Å². The van der Waals surface area contributed by atoms with Gasteiger partial charge < -0.3 is 0 Å². The quantitative estimate of drug-likeness (QED) is 0.278. The van der Waals surface area contributed by atoms with Crippen LogP contribution in [0.2, 0.25) is 5.02 Å². The zero-order chi connectivity index (χ0) is 22.4. The second-order valence-corrected chi connectivity index (χ2v) is 8.55. The number of benzene rings is 3. The summed E-state index contributed by atoms with van der Waals surface area (Å²) >= 11 is 6.04. The fraction of sp³-hybridized carbons (Fsp3) is 0.0952. The molecule has 0 heterocycles. The van der Waals surface area contributed by atoms with E-state index in [1.165, 1.54) is 36.0 Å². The molecule has 0 aliphatic carbocycles. The van der Waals surface area contributed by atoms with Crippen molar-refractivity contribution < 1.29 is 13.3 Å². The Morgan fingerprint density at radius 3 is 2.42 bits per heavy atom. The number of nitrogens with one attached hydrogen (secondary N) is 2. The fourth-order valence-electron chi connectivity index (χ4n) is 2.70. The van der Waals surface area contributed by atoms with Crippen molar-refractivity contribution in [3.05, 3.63) is 93.0 Å². The van der Waals surface area contributed by atoms with Crippen LogP contribution in [-0.2, 0) is 16.4 Å². The second-order valence-electron chi connectivity index (χ2n) is 6.49.